The highest BCUT2D eigenvalue weighted by atomic mass is 19.1. The lowest BCUT2D eigenvalue weighted by Crippen LogP contribution is -1.98. The number of aromatic nitrogens is 1. The molecule has 6 heteroatoms. The van der Waals surface area contributed by atoms with Crippen molar-refractivity contribution >= 4 is 16.6 Å². The van der Waals surface area contributed by atoms with Crippen LogP contribution >= 0.6 is 0 Å². The van der Waals surface area contributed by atoms with Crippen LogP contribution in [0.4, 0.5) is 10.1 Å². The average molecular weight is 262 g/mol. The molecule has 98 valence electrons. The van der Waals surface area contributed by atoms with Crippen molar-refractivity contribution in [1.29, 1.82) is 0 Å². The van der Waals surface area contributed by atoms with Crippen molar-refractivity contribution in [3.63, 3.8) is 0 Å². The number of pyridine rings is 1. The number of methoxy groups -OCH3 is 1. The van der Waals surface area contributed by atoms with Crippen molar-refractivity contribution in [2.24, 2.45) is 0 Å². The number of nitro groups is 1. The molecule has 0 aliphatic heterocycles. The van der Waals surface area contributed by atoms with Gasteiger partial charge in [0.1, 0.15) is 5.82 Å². The van der Waals surface area contributed by atoms with Gasteiger partial charge in [0.05, 0.1) is 18.1 Å². The van der Waals surface area contributed by atoms with Crippen molar-refractivity contribution in [3.05, 3.63) is 39.7 Å². The van der Waals surface area contributed by atoms with Gasteiger partial charge in [-0.1, -0.05) is 0 Å². The zero-order valence-electron chi connectivity index (χ0n) is 10.2. The zero-order chi connectivity index (χ0) is 13.6. The lowest BCUT2D eigenvalue weighted by molar-refractivity contribution is -0.383. The molecule has 5 nitrogen and oxygen atoms in total. The van der Waals surface area contributed by atoms with Crippen LogP contribution in [0.5, 0.6) is 5.88 Å². The second-order valence-electron chi connectivity index (χ2n) is 4.61. The Bertz CT molecular complexity index is 683. The lowest BCUT2D eigenvalue weighted by Gasteiger charge is -2.08. The van der Waals surface area contributed by atoms with Crippen LogP contribution in [0, 0.1) is 15.9 Å². The van der Waals surface area contributed by atoms with Gasteiger partial charge in [-0.15, -0.1) is 0 Å². The van der Waals surface area contributed by atoms with E-state index in [9.17, 15) is 14.5 Å². The lowest BCUT2D eigenvalue weighted by atomic mass is 10.1. The van der Waals surface area contributed by atoms with Gasteiger partial charge in [0, 0.05) is 10.9 Å². The monoisotopic (exact) mass is 262 g/mol. The number of non-ortho nitro benzene ring substituents is 1. The minimum Gasteiger partial charge on any atom is -0.481 e. The molecule has 0 amide bonds. The number of fused-ring (bicyclic) bond motifs is 1. The topological polar surface area (TPSA) is 65.3 Å². The van der Waals surface area contributed by atoms with Crippen molar-refractivity contribution in [2.75, 3.05) is 7.11 Å². The van der Waals surface area contributed by atoms with Gasteiger partial charge in [-0.25, -0.2) is 9.37 Å². The fraction of sp³-hybridized carbons (Fsp3) is 0.308. The molecule has 1 heterocycles. The second kappa shape index (κ2) is 4.15. The minimum atomic E-state index is -0.632. The van der Waals surface area contributed by atoms with E-state index in [2.05, 4.69) is 4.98 Å². The molecule has 1 aliphatic rings. The third-order valence-corrected chi connectivity index (χ3v) is 3.26. The molecular weight excluding hydrogens is 251 g/mol. The van der Waals surface area contributed by atoms with Gasteiger partial charge >= 0.3 is 0 Å². The summed E-state index contributed by atoms with van der Waals surface area (Å²) in [5.74, 6) is 0.131. The van der Waals surface area contributed by atoms with E-state index in [-0.39, 0.29) is 11.2 Å². The molecule has 0 saturated heterocycles. The van der Waals surface area contributed by atoms with E-state index in [1.807, 2.05) is 0 Å². The Morgan fingerprint density at radius 2 is 2.16 bits per heavy atom. The van der Waals surface area contributed by atoms with Crippen LogP contribution < -0.4 is 4.74 Å². The third kappa shape index (κ3) is 1.99. The summed E-state index contributed by atoms with van der Waals surface area (Å²) >= 11 is 0. The molecule has 0 radical (unpaired) electrons. The predicted molar refractivity (Wildman–Crippen MR) is 66.9 cm³/mol. The van der Waals surface area contributed by atoms with E-state index >= 15 is 0 Å². The minimum absolute atomic E-state index is 0.160. The summed E-state index contributed by atoms with van der Waals surface area (Å²) in [4.78, 5) is 14.5. The fourth-order valence-electron chi connectivity index (χ4n) is 2.22. The number of hydrogen-bond donors (Lipinski definition) is 0. The SMILES string of the molecule is COc1nc2c([N+](=O)[O-])cc(F)cc2cc1C1CC1. The summed E-state index contributed by atoms with van der Waals surface area (Å²) in [5.41, 5.74) is 0.721. The highest BCUT2D eigenvalue weighted by molar-refractivity contribution is 5.88. The molecule has 0 N–H and O–H groups in total. The van der Waals surface area contributed by atoms with E-state index < -0.39 is 10.7 Å². The number of nitrogens with zero attached hydrogens (tertiary/aromatic N) is 2. The van der Waals surface area contributed by atoms with E-state index in [1.165, 1.54) is 13.2 Å². The largest absolute Gasteiger partial charge is 0.481 e. The van der Waals surface area contributed by atoms with Gasteiger partial charge in [0.25, 0.3) is 5.69 Å². The molecule has 2 aromatic rings. The van der Waals surface area contributed by atoms with Gasteiger partial charge in [-0.05, 0) is 30.9 Å². The summed E-state index contributed by atoms with van der Waals surface area (Å²) in [6, 6.07) is 3.89. The Balaban J connectivity index is 2.31. The number of ether oxygens (including phenoxy) is 1. The number of rotatable bonds is 3. The van der Waals surface area contributed by atoms with E-state index in [1.54, 1.807) is 6.07 Å². The summed E-state index contributed by atoms with van der Waals surface area (Å²) in [7, 11) is 1.48. The molecule has 1 aromatic heterocycles. The van der Waals surface area contributed by atoms with Crippen LogP contribution in [0.1, 0.15) is 24.3 Å². The zero-order valence-corrected chi connectivity index (χ0v) is 10.2. The standard InChI is InChI=1S/C13H11FN2O3/c1-19-13-10(7-2-3-7)5-8-4-9(14)6-11(16(17)18)12(8)15-13/h4-7H,2-3H2,1H3. The second-order valence-corrected chi connectivity index (χ2v) is 4.61. The molecule has 0 unspecified atom stereocenters. The highest BCUT2D eigenvalue weighted by Gasteiger charge is 2.29. The number of halogens is 1. The first-order valence-electron chi connectivity index (χ1n) is 5.92. The van der Waals surface area contributed by atoms with Crippen LogP contribution in [-0.2, 0) is 0 Å². The molecule has 0 bridgehead atoms. The van der Waals surface area contributed by atoms with Gasteiger partial charge in [-0.2, -0.15) is 0 Å². The Morgan fingerprint density at radius 3 is 2.74 bits per heavy atom. The summed E-state index contributed by atoms with van der Waals surface area (Å²) in [6.45, 7) is 0. The van der Waals surface area contributed by atoms with Gasteiger partial charge in [0.15, 0.2) is 5.52 Å². The maximum absolute atomic E-state index is 13.4. The first-order chi connectivity index (χ1) is 9.10. The van der Waals surface area contributed by atoms with Crippen molar-refractivity contribution in [2.45, 2.75) is 18.8 Å². The molecule has 1 fully saturated rings. The average Bonchev–Trinajstić information content (AvgIpc) is 3.20. The van der Waals surface area contributed by atoms with Crippen molar-refractivity contribution in [3.8, 4) is 5.88 Å². The Labute approximate surface area is 108 Å². The molecule has 19 heavy (non-hydrogen) atoms. The Kier molecular flexibility index (Phi) is 2.58. The maximum Gasteiger partial charge on any atom is 0.298 e. The smallest absolute Gasteiger partial charge is 0.298 e. The summed E-state index contributed by atoms with van der Waals surface area (Å²) < 4.78 is 18.6. The number of benzene rings is 1. The maximum atomic E-state index is 13.4. The number of nitro benzene ring substituents is 1. The quantitative estimate of drug-likeness (QED) is 0.629. The van der Waals surface area contributed by atoms with Crippen molar-refractivity contribution in [1.82, 2.24) is 4.98 Å². The van der Waals surface area contributed by atoms with Crippen LogP contribution in [0.2, 0.25) is 0 Å². The van der Waals surface area contributed by atoms with E-state index in [4.69, 9.17) is 4.74 Å². The molecule has 0 spiro atoms. The first-order valence-corrected chi connectivity index (χ1v) is 5.92. The van der Waals surface area contributed by atoms with Gasteiger partial charge in [0.2, 0.25) is 5.88 Å². The molecule has 1 aliphatic carbocycles. The van der Waals surface area contributed by atoms with Gasteiger partial charge < -0.3 is 4.74 Å². The Hall–Kier alpha value is -2.24. The first kappa shape index (κ1) is 11.8. The van der Waals surface area contributed by atoms with E-state index in [0.29, 0.717) is 17.2 Å². The van der Waals surface area contributed by atoms with Gasteiger partial charge in [-0.3, -0.25) is 10.1 Å². The van der Waals surface area contributed by atoms with Crippen LogP contribution in [-0.4, -0.2) is 17.0 Å². The van der Waals surface area contributed by atoms with E-state index in [0.717, 1.165) is 24.5 Å². The number of hydrogen-bond acceptors (Lipinski definition) is 4. The highest BCUT2D eigenvalue weighted by Crippen LogP contribution is 2.45. The molecule has 3 rings (SSSR count). The van der Waals surface area contributed by atoms with Crippen LogP contribution in [0.15, 0.2) is 18.2 Å². The molecule has 1 saturated carbocycles. The molecule has 0 atom stereocenters. The van der Waals surface area contributed by atoms with Crippen LogP contribution in [0.3, 0.4) is 0 Å². The molecular formula is C13H11FN2O3. The van der Waals surface area contributed by atoms with Crippen LogP contribution in [0.25, 0.3) is 10.9 Å². The summed E-state index contributed by atoms with van der Waals surface area (Å²) in [6.07, 6.45) is 2.09. The molecule has 1 aromatic carbocycles. The fourth-order valence-corrected chi connectivity index (χ4v) is 2.22. The third-order valence-electron chi connectivity index (χ3n) is 3.26. The predicted octanol–water partition coefficient (Wildman–Crippen LogP) is 3.17. The Morgan fingerprint density at radius 1 is 1.42 bits per heavy atom. The normalized spacial score (nSPS) is 14.6. The van der Waals surface area contributed by atoms with Crippen molar-refractivity contribution < 1.29 is 14.1 Å². The summed E-state index contributed by atoms with van der Waals surface area (Å²) in [5, 5.41) is 11.4.